The minimum atomic E-state index is -3.91. The van der Waals surface area contributed by atoms with Crippen molar-refractivity contribution in [1.82, 2.24) is 0 Å². The predicted molar refractivity (Wildman–Crippen MR) is 131 cm³/mol. The normalized spacial score (nSPS) is 15.4. The van der Waals surface area contributed by atoms with Crippen molar-refractivity contribution in [3.63, 3.8) is 0 Å². The molecule has 1 aliphatic rings. The molecule has 0 spiro atoms. The van der Waals surface area contributed by atoms with Gasteiger partial charge in [0.05, 0.1) is 23.7 Å². The zero-order valence-electron chi connectivity index (χ0n) is 19.2. The molecule has 1 heterocycles. The molecule has 1 unspecified atom stereocenters. The summed E-state index contributed by atoms with van der Waals surface area (Å²) in [6.07, 6.45) is 0.152. The van der Waals surface area contributed by atoms with Crippen molar-refractivity contribution in [3.05, 3.63) is 83.4 Å². The molecule has 0 radical (unpaired) electrons. The molecule has 0 aromatic heterocycles. The second-order valence-corrected chi connectivity index (χ2v) is 10.2. The molecule has 34 heavy (non-hydrogen) atoms. The van der Waals surface area contributed by atoms with Crippen molar-refractivity contribution >= 4 is 33.0 Å². The molecule has 0 amide bonds. The topological polar surface area (TPSA) is 102 Å². The maximum atomic E-state index is 13.0. The monoisotopic (exact) mass is 478 g/mol. The van der Waals surface area contributed by atoms with Gasteiger partial charge in [-0.1, -0.05) is 38.1 Å². The van der Waals surface area contributed by atoms with E-state index in [0.717, 1.165) is 5.56 Å². The van der Waals surface area contributed by atoms with Crippen molar-refractivity contribution in [2.45, 2.75) is 31.2 Å². The molecule has 0 saturated carbocycles. The maximum Gasteiger partial charge on any atom is 0.261 e. The van der Waals surface area contributed by atoms with Gasteiger partial charge in [0, 0.05) is 35.2 Å². The quantitative estimate of drug-likeness (QED) is 0.460. The van der Waals surface area contributed by atoms with Crippen LogP contribution in [0, 0.1) is 5.92 Å². The second-order valence-electron chi connectivity index (χ2n) is 8.51. The number of hydrogen-bond donors (Lipinski definition) is 2. The summed E-state index contributed by atoms with van der Waals surface area (Å²) in [5.74, 6) is 0.277. The molecule has 1 aliphatic heterocycles. The van der Waals surface area contributed by atoms with Crippen LogP contribution in [0.4, 0.5) is 11.4 Å². The van der Waals surface area contributed by atoms with E-state index in [4.69, 9.17) is 4.74 Å². The Bertz CT molecular complexity index is 1370. The molecular formula is C26H26N2O5S. The van der Waals surface area contributed by atoms with Crippen LogP contribution in [0.25, 0.3) is 0 Å². The van der Waals surface area contributed by atoms with Crippen LogP contribution >= 0.6 is 0 Å². The van der Waals surface area contributed by atoms with Crippen LogP contribution in [0.3, 0.4) is 0 Å². The molecule has 8 heteroatoms. The molecular weight excluding hydrogens is 452 g/mol. The number of methoxy groups -OCH3 is 1. The van der Waals surface area contributed by atoms with Crippen LogP contribution < -0.4 is 14.8 Å². The lowest BCUT2D eigenvalue weighted by atomic mass is 9.90. The largest absolute Gasteiger partial charge is 0.497 e. The number of carbonyl (C=O) groups is 2. The molecule has 0 fully saturated rings. The van der Waals surface area contributed by atoms with Crippen LogP contribution in [0.2, 0.25) is 0 Å². The zero-order chi connectivity index (χ0) is 24.5. The summed E-state index contributed by atoms with van der Waals surface area (Å²) in [5.41, 5.74) is 2.68. The second kappa shape index (κ2) is 9.30. The Kier molecular flexibility index (Phi) is 6.43. The molecule has 0 bridgehead atoms. The maximum absolute atomic E-state index is 13.0. The number of Topliss-reactive ketones (excluding diaryl/α,β-unsaturated/α-hetero) is 2. The van der Waals surface area contributed by atoms with Crippen molar-refractivity contribution in [2.75, 3.05) is 17.1 Å². The molecule has 7 nitrogen and oxygen atoms in total. The molecule has 1 atom stereocenters. The van der Waals surface area contributed by atoms with Crippen molar-refractivity contribution in [1.29, 1.82) is 0 Å². The molecule has 3 aromatic rings. The average molecular weight is 479 g/mol. The predicted octanol–water partition coefficient (Wildman–Crippen LogP) is 5.07. The van der Waals surface area contributed by atoms with Crippen LogP contribution in [-0.2, 0) is 10.0 Å². The third-order valence-electron chi connectivity index (χ3n) is 5.74. The highest BCUT2D eigenvalue weighted by atomic mass is 32.2. The van der Waals surface area contributed by atoms with E-state index in [0.29, 0.717) is 28.3 Å². The van der Waals surface area contributed by atoms with Gasteiger partial charge in [0.2, 0.25) is 0 Å². The van der Waals surface area contributed by atoms with E-state index >= 15 is 0 Å². The molecule has 176 valence electrons. The number of sulfonamides is 1. The van der Waals surface area contributed by atoms with Crippen molar-refractivity contribution < 1.29 is 22.7 Å². The number of benzene rings is 3. The number of nitrogens with one attached hydrogen (secondary N) is 2. The highest BCUT2D eigenvalue weighted by Crippen LogP contribution is 2.34. The molecule has 4 rings (SSSR count). The van der Waals surface area contributed by atoms with Gasteiger partial charge in [-0.05, 0) is 42.0 Å². The first kappa shape index (κ1) is 23.5. The Morgan fingerprint density at radius 1 is 1.06 bits per heavy atom. The van der Waals surface area contributed by atoms with Gasteiger partial charge in [-0.2, -0.15) is 0 Å². The van der Waals surface area contributed by atoms with Gasteiger partial charge >= 0.3 is 0 Å². The summed E-state index contributed by atoms with van der Waals surface area (Å²) >= 11 is 0. The van der Waals surface area contributed by atoms with Crippen molar-refractivity contribution in [2.24, 2.45) is 5.92 Å². The summed E-state index contributed by atoms with van der Waals surface area (Å²) < 4.78 is 33.5. The molecule has 2 N–H and O–H groups in total. The SMILES string of the molecule is COc1cccc(NS(=O)(=O)c2ccc3c(c2)C(=O)CC(c2cccc(C(=O)C(C)C)c2)N3)c1. The Balaban J connectivity index is 1.59. The Morgan fingerprint density at radius 3 is 2.56 bits per heavy atom. The number of rotatable bonds is 7. The highest BCUT2D eigenvalue weighted by molar-refractivity contribution is 7.92. The Labute approximate surface area is 199 Å². The van der Waals surface area contributed by atoms with E-state index in [1.54, 1.807) is 36.4 Å². The van der Waals surface area contributed by atoms with Gasteiger partial charge in [-0.25, -0.2) is 8.42 Å². The number of carbonyl (C=O) groups excluding carboxylic acids is 2. The number of anilines is 2. The lowest BCUT2D eigenvalue weighted by Crippen LogP contribution is -2.24. The lowest BCUT2D eigenvalue weighted by Gasteiger charge is -2.27. The summed E-state index contributed by atoms with van der Waals surface area (Å²) in [7, 11) is -2.41. The smallest absolute Gasteiger partial charge is 0.261 e. The molecule has 0 saturated heterocycles. The van der Waals surface area contributed by atoms with Gasteiger partial charge in [-0.15, -0.1) is 0 Å². The van der Waals surface area contributed by atoms with Crippen molar-refractivity contribution in [3.8, 4) is 5.75 Å². The van der Waals surface area contributed by atoms with Gasteiger partial charge in [0.25, 0.3) is 10.0 Å². The number of hydrogen-bond acceptors (Lipinski definition) is 6. The first-order valence-corrected chi connectivity index (χ1v) is 12.4. The van der Waals surface area contributed by atoms with Crippen LogP contribution in [0.15, 0.2) is 71.6 Å². The van der Waals surface area contributed by atoms with E-state index in [1.807, 2.05) is 32.0 Å². The summed E-state index contributed by atoms with van der Waals surface area (Å²) in [6.45, 7) is 3.70. The number of ketones is 2. The van der Waals surface area contributed by atoms with Crippen LogP contribution in [-0.4, -0.2) is 27.1 Å². The fourth-order valence-corrected chi connectivity index (χ4v) is 5.00. The van der Waals surface area contributed by atoms with Gasteiger partial charge in [-0.3, -0.25) is 14.3 Å². The van der Waals surface area contributed by atoms with E-state index in [-0.39, 0.29) is 34.8 Å². The standard InChI is InChI=1S/C26H26N2O5S/c1-16(2)26(30)18-7-4-6-17(12-18)24-15-25(29)22-14-21(10-11-23(22)27-24)34(31,32)28-19-8-5-9-20(13-19)33-3/h4-14,16,24,27-28H,15H2,1-3H3. The summed E-state index contributed by atoms with van der Waals surface area (Å²) in [6, 6.07) is 18.0. The Morgan fingerprint density at radius 2 is 1.82 bits per heavy atom. The highest BCUT2D eigenvalue weighted by Gasteiger charge is 2.28. The van der Waals surface area contributed by atoms with Gasteiger partial charge in [0.15, 0.2) is 11.6 Å². The van der Waals surface area contributed by atoms with Crippen LogP contribution in [0.1, 0.15) is 52.6 Å². The number of fused-ring (bicyclic) bond motifs is 1. The van der Waals surface area contributed by atoms with E-state index in [1.165, 1.54) is 19.2 Å². The molecule has 0 aliphatic carbocycles. The molecule has 3 aromatic carbocycles. The zero-order valence-corrected chi connectivity index (χ0v) is 20.0. The van der Waals surface area contributed by atoms with Gasteiger partial charge in [0.1, 0.15) is 5.75 Å². The minimum absolute atomic E-state index is 0.00722. The third kappa shape index (κ3) is 4.82. The first-order valence-electron chi connectivity index (χ1n) is 10.9. The van der Waals surface area contributed by atoms with E-state index < -0.39 is 10.0 Å². The average Bonchev–Trinajstić information content (AvgIpc) is 2.83. The van der Waals surface area contributed by atoms with Gasteiger partial charge < -0.3 is 10.1 Å². The minimum Gasteiger partial charge on any atom is -0.497 e. The fourth-order valence-electron chi connectivity index (χ4n) is 3.93. The Hall–Kier alpha value is -3.65. The summed E-state index contributed by atoms with van der Waals surface area (Å²) in [4.78, 5) is 25.4. The third-order valence-corrected chi connectivity index (χ3v) is 7.12. The lowest BCUT2D eigenvalue weighted by molar-refractivity contribution is 0.0938. The summed E-state index contributed by atoms with van der Waals surface area (Å²) in [5, 5.41) is 3.32. The van der Waals surface area contributed by atoms with E-state index in [2.05, 4.69) is 10.0 Å². The first-order chi connectivity index (χ1) is 16.2. The number of ether oxygens (including phenoxy) is 1. The van der Waals surface area contributed by atoms with Crippen LogP contribution in [0.5, 0.6) is 5.75 Å². The fraction of sp³-hybridized carbons (Fsp3) is 0.231. The van der Waals surface area contributed by atoms with E-state index in [9.17, 15) is 18.0 Å².